The van der Waals surface area contributed by atoms with Crippen molar-refractivity contribution in [3.8, 4) is 34.3 Å². The molecule has 0 N–H and O–H groups in total. The Balaban J connectivity index is 0.00000353. The number of aromatic nitrogens is 2. The van der Waals surface area contributed by atoms with Gasteiger partial charge in [0.2, 0.25) is 5.88 Å². The minimum atomic E-state index is -1.35. The van der Waals surface area contributed by atoms with Crippen LogP contribution in [-0.2, 0) is 11.4 Å². The Morgan fingerprint density at radius 2 is 1.51 bits per heavy atom. The molecule has 1 heterocycles. The van der Waals surface area contributed by atoms with Gasteiger partial charge in [-0.3, -0.25) is 10.1 Å². The maximum Gasteiger partial charge on any atom is 1.00 e. The molecule has 1 aromatic heterocycles. The molecule has 0 atom stereocenters. The number of benzene rings is 4. The van der Waals surface area contributed by atoms with Crippen molar-refractivity contribution in [3.05, 3.63) is 113 Å². The van der Waals surface area contributed by atoms with E-state index in [4.69, 9.17) is 9.47 Å². The summed E-state index contributed by atoms with van der Waals surface area (Å²) < 4.78 is 11.1. The molecule has 5 rings (SSSR count). The molecule has 9 nitrogen and oxygen atoms in total. The van der Waals surface area contributed by atoms with Gasteiger partial charge in [-0.1, -0.05) is 60.7 Å². The molecule has 0 aliphatic heterocycles. The van der Waals surface area contributed by atoms with Gasteiger partial charge >= 0.3 is 29.6 Å². The average molecular weight is 529 g/mol. The van der Waals surface area contributed by atoms with E-state index >= 15 is 0 Å². The Labute approximate surface area is 245 Å². The van der Waals surface area contributed by atoms with Crippen LogP contribution in [-0.4, -0.2) is 27.5 Å². The van der Waals surface area contributed by atoms with E-state index in [-0.39, 0.29) is 47.7 Å². The van der Waals surface area contributed by atoms with Crippen molar-refractivity contribution in [1.82, 2.24) is 9.97 Å². The van der Waals surface area contributed by atoms with Crippen LogP contribution < -0.4 is 44.1 Å². The number of nitro groups is 1. The number of carbonyl (C=O) groups excluding carboxylic acids is 1. The summed E-state index contributed by atoms with van der Waals surface area (Å²) in [5, 5.41) is 23.9. The number of hydrogen-bond donors (Lipinski definition) is 0. The predicted octanol–water partition coefficient (Wildman–Crippen LogP) is 1.58. The minimum Gasteiger partial charge on any atom is -0.546 e. The van der Waals surface area contributed by atoms with E-state index in [2.05, 4.69) is 9.97 Å². The molecule has 10 heteroatoms. The Morgan fingerprint density at radius 1 is 0.795 bits per heavy atom. The van der Waals surface area contributed by atoms with Crippen molar-refractivity contribution < 1.29 is 53.9 Å². The summed E-state index contributed by atoms with van der Waals surface area (Å²) in [6, 6.07) is 28.6. The molecule has 39 heavy (non-hydrogen) atoms. The van der Waals surface area contributed by atoms with Gasteiger partial charge in [-0.25, -0.2) is 4.98 Å². The van der Waals surface area contributed by atoms with Crippen LogP contribution in [0.5, 0.6) is 11.6 Å². The first-order valence-electron chi connectivity index (χ1n) is 11.6. The van der Waals surface area contributed by atoms with Crippen molar-refractivity contribution in [3.63, 3.8) is 0 Å². The third-order valence-corrected chi connectivity index (χ3v) is 5.76. The SMILES string of the molecule is O=C([O-])COc1cc(-c2ccccc2)nc(-c2ccc3cc(OCc4ccccc4[N+](=O)[O-])ccc3c2)n1.[Na+]. The van der Waals surface area contributed by atoms with Gasteiger partial charge in [-0.15, -0.1) is 0 Å². The number of carboxylic acid groups (broad SMARTS) is 1. The van der Waals surface area contributed by atoms with Gasteiger partial charge in [0, 0.05) is 23.3 Å². The fraction of sp³-hybridized carbons (Fsp3) is 0.0690. The molecule has 4 aromatic carbocycles. The second-order valence-electron chi connectivity index (χ2n) is 8.34. The van der Waals surface area contributed by atoms with E-state index in [1.165, 1.54) is 6.07 Å². The van der Waals surface area contributed by atoms with E-state index in [0.29, 0.717) is 28.4 Å². The summed E-state index contributed by atoms with van der Waals surface area (Å²) in [5.41, 5.74) is 2.62. The number of nitrogens with zero attached hydrogens (tertiary/aromatic N) is 3. The van der Waals surface area contributed by atoms with Crippen LogP contribution in [0.25, 0.3) is 33.4 Å². The zero-order valence-corrected chi connectivity index (χ0v) is 22.9. The van der Waals surface area contributed by atoms with Crippen molar-refractivity contribution in [1.29, 1.82) is 0 Å². The Kier molecular flexibility index (Phi) is 8.88. The molecule has 0 saturated heterocycles. The fourth-order valence-corrected chi connectivity index (χ4v) is 3.94. The fourth-order valence-electron chi connectivity index (χ4n) is 3.94. The van der Waals surface area contributed by atoms with Crippen LogP contribution in [0.3, 0.4) is 0 Å². The Bertz CT molecular complexity index is 1650. The summed E-state index contributed by atoms with van der Waals surface area (Å²) >= 11 is 0. The molecule has 0 fully saturated rings. The first-order chi connectivity index (χ1) is 18.5. The number of hydrogen-bond acceptors (Lipinski definition) is 8. The summed E-state index contributed by atoms with van der Waals surface area (Å²) in [6.07, 6.45) is 0. The summed E-state index contributed by atoms with van der Waals surface area (Å²) in [6.45, 7) is -0.563. The smallest absolute Gasteiger partial charge is 0.546 e. The zero-order chi connectivity index (χ0) is 26.5. The second kappa shape index (κ2) is 12.5. The molecule has 5 aromatic rings. The number of para-hydroxylation sites is 1. The molecule has 0 bridgehead atoms. The van der Waals surface area contributed by atoms with Gasteiger partial charge in [0.1, 0.15) is 19.0 Å². The van der Waals surface area contributed by atoms with Crippen LogP contribution in [0, 0.1) is 10.1 Å². The molecule has 188 valence electrons. The number of ether oxygens (including phenoxy) is 2. The standard InChI is InChI=1S/C29H21N3O6.Na/c33-28(34)18-38-27-16-25(19-6-2-1-3-7-19)30-29(31-27)22-11-10-21-15-24(13-12-20(21)14-22)37-17-23-8-4-5-9-26(23)32(35)36;/h1-16H,17-18H2,(H,33,34);/q;+1/p-1. The number of aliphatic carboxylic acids is 1. The summed E-state index contributed by atoms with van der Waals surface area (Å²) in [5.74, 6) is -0.282. The Morgan fingerprint density at radius 3 is 2.28 bits per heavy atom. The van der Waals surface area contributed by atoms with Crippen molar-refractivity contribution in [2.24, 2.45) is 0 Å². The topological polar surface area (TPSA) is 128 Å². The van der Waals surface area contributed by atoms with Gasteiger partial charge in [-0.2, -0.15) is 4.98 Å². The summed E-state index contributed by atoms with van der Waals surface area (Å²) in [7, 11) is 0. The van der Waals surface area contributed by atoms with Gasteiger partial charge in [-0.05, 0) is 35.0 Å². The molecule has 0 aliphatic carbocycles. The van der Waals surface area contributed by atoms with Crippen molar-refractivity contribution in [2.75, 3.05) is 6.61 Å². The average Bonchev–Trinajstić information content (AvgIpc) is 2.95. The van der Waals surface area contributed by atoms with E-state index in [0.717, 1.165) is 16.3 Å². The van der Waals surface area contributed by atoms with Crippen LogP contribution >= 0.6 is 0 Å². The molecule has 0 saturated carbocycles. The molecule has 0 radical (unpaired) electrons. The largest absolute Gasteiger partial charge is 1.00 e. The molecule has 0 aliphatic rings. The zero-order valence-electron chi connectivity index (χ0n) is 20.9. The van der Waals surface area contributed by atoms with E-state index in [9.17, 15) is 20.0 Å². The number of fused-ring (bicyclic) bond motifs is 1. The minimum absolute atomic E-state index is 0. The quantitative estimate of drug-likeness (QED) is 0.160. The van der Waals surface area contributed by atoms with Gasteiger partial charge in [0.25, 0.3) is 5.69 Å². The molecule has 0 amide bonds. The van der Waals surface area contributed by atoms with Crippen LogP contribution in [0.4, 0.5) is 5.69 Å². The first kappa shape index (κ1) is 27.7. The molecule has 0 spiro atoms. The van der Waals surface area contributed by atoms with E-state index < -0.39 is 17.5 Å². The van der Waals surface area contributed by atoms with E-state index in [1.807, 2.05) is 60.7 Å². The van der Waals surface area contributed by atoms with Crippen LogP contribution in [0.1, 0.15) is 5.56 Å². The number of rotatable bonds is 9. The van der Waals surface area contributed by atoms with Crippen LogP contribution in [0.2, 0.25) is 0 Å². The number of carboxylic acids is 1. The van der Waals surface area contributed by atoms with Crippen LogP contribution in [0.15, 0.2) is 97.1 Å². The monoisotopic (exact) mass is 529 g/mol. The van der Waals surface area contributed by atoms with Gasteiger partial charge < -0.3 is 19.4 Å². The number of nitro benzene ring substituents is 1. The van der Waals surface area contributed by atoms with Crippen molar-refractivity contribution in [2.45, 2.75) is 6.61 Å². The van der Waals surface area contributed by atoms with Gasteiger partial charge in [0.15, 0.2) is 5.82 Å². The molecular weight excluding hydrogens is 509 g/mol. The van der Waals surface area contributed by atoms with E-state index in [1.54, 1.807) is 30.3 Å². The predicted molar refractivity (Wildman–Crippen MR) is 138 cm³/mol. The normalized spacial score (nSPS) is 10.5. The third kappa shape index (κ3) is 6.77. The first-order valence-corrected chi connectivity index (χ1v) is 11.6. The molecule has 0 unspecified atom stereocenters. The second-order valence-corrected chi connectivity index (χ2v) is 8.34. The Hall–Kier alpha value is -4.31. The van der Waals surface area contributed by atoms with Crippen molar-refractivity contribution >= 4 is 22.4 Å². The molecular formula is C29H20N3NaO6. The maximum absolute atomic E-state index is 11.2. The van der Waals surface area contributed by atoms with Gasteiger partial charge in [0.05, 0.1) is 22.1 Å². The summed E-state index contributed by atoms with van der Waals surface area (Å²) in [4.78, 5) is 30.8. The third-order valence-electron chi connectivity index (χ3n) is 5.76. The number of carbonyl (C=O) groups is 1. The maximum atomic E-state index is 11.2.